The van der Waals surface area contributed by atoms with Crippen LogP contribution in [0, 0.1) is 5.41 Å². The highest BCUT2D eigenvalue weighted by Gasteiger charge is 2.30. The molecule has 0 unspecified atom stereocenters. The summed E-state index contributed by atoms with van der Waals surface area (Å²) in [7, 11) is 1.58. The summed E-state index contributed by atoms with van der Waals surface area (Å²) >= 11 is 0. The lowest BCUT2D eigenvalue weighted by Gasteiger charge is -2.33. The van der Waals surface area contributed by atoms with Gasteiger partial charge in [0.15, 0.2) is 0 Å². The highest BCUT2D eigenvalue weighted by Crippen LogP contribution is 2.26. The first-order valence-corrected chi connectivity index (χ1v) is 6.67. The van der Waals surface area contributed by atoms with E-state index in [1.807, 2.05) is 13.8 Å². The normalized spacial score (nSPS) is 17.3. The molecular formula is C14H25N3O2. The van der Waals surface area contributed by atoms with Crippen LogP contribution in [0.25, 0.3) is 0 Å². The third-order valence-electron chi connectivity index (χ3n) is 2.89. The third kappa shape index (κ3) is 5.01. The molecule has 0 aliphatic carbocycles. The van der Waals surface area contributed by atoms with Gasteiger partial charge in [-0.05, 0) is 25.7 Å². The molecule has 0 saturated heterocycles. The molecule has 108 valence electrons. The van der Waals surface area contributed by atoms with Crippen LogP contribution in [0.2, 0.25) is 0 Å². The van der Waals surface area contributed by atoms with Crippen LogP contribution in [0.3, 0.4) is 0 Å². The van der Waals surface area contributed by atoms with E-state index in [1.54, 1.807) is 7.05 Å². The van der Waals surface area contributed by atoms with Crippen molar-refractivity contribution in [2.75, 3.05) is 7.05 Å². The Morgan fingerprint density at radius 1 is 1.26 bits per heavy atom. The maximum Gasteiger partial charge on any atom is 0.267 e. The number of nitrogens with one attached hydrogen (secondary N) is 1. The van der Waals surface area contributed by atoms with Crippen molar-refractivity contribution in [2.45, 2.75) is 59.4 Å². The van der Waals surface area contributed by atoms with Crippen molar-refractivity contribution in [2.24, 2.45) is 10.5 Å². The largest absolute Gasteiger partial charge is 0.346 e. The molecule has 0 aromatic rings. The molecule has 0 fully saturated rings. The minimum atomic E-state index is -0.294. The standard InChI is InChI=1S/C14H25N3O2/c1-13(2,3)9-14(4,5)15-12(19)10-7-8-11(18)17(6)16-10/h7-9H2,1-6H3,(H,15,19). The summed E-state index contributed by atoms with van der Waals surface area (Å²) in [4.78, 5) is 23.5. The van der Waals surface area contributed by atoms with Crippen LogP contribution in [-0.4, -0.2) is 35.1 Å². The summed E-state index contributed by atoms with van der Waals surface area (Å²) in [5.41, 5.74) is 0.277. The number of hydrazone groups is 1. The van der Waals surface area contributed by atoms with E-state index in [0.717, 1.165) is 6.42 Å². The summed E-state index contributed by atoms with van der Waals surface area (Å²) < 4.78 is 0. The molecule has 5 heteroatoms. The summed E-state index contributed by atoms with van der Waals surface area (Å²) in [6.07, 6.45) is 1.64. The fraction of sp³-hybridized carbons (Fsp3) is 0.786. The molecule has 1 N–H and O–H groups in total. The lowest BCUT2D eigenvalue weighted by atomic mass is 9.81. The lowest BCUT2D eigenvalue weighted by Crippen LogP contribution is -2.49. The van der Waals surface area contributed by atoms with Gasteiger partial charge in [0.05, 0.1) is 0 Å². The molecule has 0 bridgehead atoms. The van der Waals surface area contributed by atoms with Crippen LogP contribution < -0.4 is 5.32 Å². The van der Waals surface area contributed by atoms with E-state index in [0.29, 0.717) is 18.6 Å². The Balaban J connectivity index is 2.70. The number of hydrogen-bond acceptors (Lipinski definition) is 3. The smallest absolute Gasteiger partial charge is 0.267 e. The first-order chi connectivity index (χ1) is 8.50. The monoisotopic (exact) mass is 267 g/mol. The lowest BCUT2D eigenvalue weighted by molar-refractivity contribution is -0.130. The van der Waals surface area contributed by atoms with E-state index >= 15 is 0 Å². The van der Waals surface area contributed by atoms with Crippen molar-refractivity contribution < 1.29 is 9.59 Å². The van der Waals surface area contributed by atoms with Crippen molar-refractivity contribution in [1.82, 2.24) is 10.3 Å². The molecule has 1 aliphatic rings. The highest BCUT2D eigenvalue weighted by molar-refractivity contribution is 6.39. The fourth-order valence-corrected chi connectivity index (χ4v) is 2.58. The van der Waals surface area contributed by atoms with Gasteiger partial charge in [-0.1, -0.05) is 20.8 Å². The summed E-state index contributed by atoms with van der Waals surface area (Å²) in [5.74, 6) is -0.223. The Kier molecular flexibility index (Phi) is 4.38. The van der Waals surface area contributed by atoms with Gasteiger partial charge in [0, 0.05) is 25.4 Å². The molecule has 1 heterocycles. The van der Waals surface area contributed by atoms with Crippen LogP contribution in [0.1, 0.15) is 53.9 Å². The Labute approximate surface area is 115 Å². The average Bonchev–Trinajstić information content (AvgIpc) is 2.17. The average molecular weight is 267 g/mol. The fourth-order valence-electron chi connectivity index (χ4n) is 2.58. The molecule has 2 amide bonds. The van der Waals surface area contributed by atoms with Crippen molar-refractivity contribution in [3.05, 3.63) is 0 Å². The Hall–Kier alpha value is -1.39. The molecular weight excluding hydrogens is 242 g/mol. The van der Waals surface area contributed by atoms with Gasteiger partial charge in [-0.25, -0.2) is 5.01 Å². The van der Waals surface area contributed by atoms with E-state index < -0.39 is 0 Å². The van der Waals surface area contributed by atoms with Crippen molar-refractivity contribution in [3.8, 4) is 0 Å². The minimum absolute atomic E-state index is 0.0505. The quantitative estimate of drug-likeness (QED) is 0.849. The number of amides is 2. The van der Waals surface area contributed by atoms with Crippen molar-refractivity contribution >= 4 is 17.5 Å². The number of carbonyl (C=O) groups excluding carboxylic acids is 2. The SMILES string of the molecule is CN1N=C(C(=O)NC(C)(C)CC(C)(C)C)CCC1=O. The van der Waals surface area contributed by atoms with Crippen molar-refractivity contribution in [1.29, 1.82) is 0 Å². The van der Waals surface area contributed by atoms with E-state index in [2.05, 4.69) is 31.2 Å². The molecule has 0 saturated carbocycles. The van der Waals surface area contributed by atoms with Gasteiger partial charge in [-0.15, -0.1) is 0 Å². The first-order valence-electron chi connectivity index (χ1n) is 6.67. The van der Waals surface area contributed by atoms with Gasteiger partial charge in [-0.3, -0.25) is 9.59 Å². The van der Waals surface area contributed by atoms with Crippen LogP contribution >= 0.6 is 0 Å². The maximum absolute atomic E-state index is 12.2. The zero-order chi connectivity index (χ0) is 14.8. The van der Waals surface area contributed by atoms with Gasteiger partial charge in [0.25, 0.3) is 5.91 Å². The molecule has 19 heavy (non-hydrogen) atoms. The second kappa shape index (κ2) is 5.31. The molecule has 0 spiro atoms. The van der Waals surface area contributed by atoms with Gasteiger partial charge >= 0.3 is 0 Å². The molecule has 0 aromatic heterocycles. The summed E-state index contributed by atoms with van der Waals surface area (Å²) in [6, 6.07) is 0. The Morgan fingerprint density at radius 2 is 1.84 bits per heavy atom. The van der Waals surface area contributed by atoms with Crippen LogP contribution in [0.15, 0.2) is 5.10 Å². The highest BCUT2D eigenvalue weighted by atomic mass is 16.2. The topological polar surface area (TPSA) is 61.8 Å². The number of carbonyl (C=O) groups is 2. The van der Waals surface area contributed by atoms with Crippen LogP contribution in [0.5, 0.6) is 0 Å². The second-order valence-corrected chi connectivity index (χ2v) is 7.04. The predicted molar refractivity (Wildman–Crippen MR) is 75.7 cm³/mol. The van der Waals surface area contributed by atoms with E-state index in [9.17, 15) is 9.59 Å². The summed E-state index contributed by atoms with van der Waals surface area (Å²) in [6.45, 7) is 10.4. The van der Waals surface area contributed by atoms with E-state index in [1.165, 1.54) is 5.01 Å². The molecule has 1 rings (SSSR count). The number of hydrogen-bond donors (Lipinski definition) is 1. The van der Waals surface area contributed by atoms with Gasteiger partial charge < -0.3 is 5.32 Å². The molecule has 1 aliphatic heterocycles. The van der Waals surface area contributed by atoms with E-state index in [4.69, 9.17) is 0 Å². The van der Waals surface area contributed by atoms with Gasteiger partial charge in [0.2, 0.25) is 5.91 Å². The Bertz CT molecular complexity index is 405. The first kappa shape index (κ1) is 15.7. The van der Waals surface area contributed by atoms with Gasteiger partial charge in [0.1, 0.15) is 5.71 Å². The minimum Gasteiger partial charge on any atom is -0.346 e. The maximum atomic E-state index is 12.2. The molecule has 5 nitrogen and oxygen atoms in total. The zero-order valence-corrected chi connectivity index (χ0v) is 12.8. The molecule has 0 atom stereocenters. The summed E-state index contributed by atoms with van der Waals surface area (Å²) in [5, 5.41) is 8.29. The predicted octanol–water partition coefficient (Wildman–Crippen LogP) is 1.93. The second-order valence-electron chi connectivity index (χ2n) is 7.04. The molecule has 0 aromatic carbocycles. The third-order valence-corrected chi connectivity index (χ3v) is 2.89. The molecule has 0 radical (unpaired) electrons. The Morgan fingerprint density at radius 3 is 2.32 bits per heavy atom. The van der Waals surface area contributed by atoms with Crippen LogP contribution in [0.4, 0.5) is 0 Å². The zero-order valence-electron chi connectivity index (χ0n) is 12.8. The number of rotatable bonds is 3. The van der Waals surface area contributed by atoms with Crippen LogP contribution in [-0.2, 0) is 9.59 Å². The number of nitrogens with zero attached hydrogens (tertiary/aromatic N) is 2. The van der Waals surface area contributed by atoms with Crippen molar-refractivity contribution in [3.63, 3.8) is 0 Å². The van der Waals surface area contributed by atoms with Gasteiger partial charge in [-0.2, -0.15) is 5.10 Å². The van der Waals surface area contributed by atoms with E-state index in [-0.39, 0.29) is 22.8 Å².